The number of hydrogen-bond acceptors (Lipinski definition) is 4. The zero-order valence-electron chi connectivity index (χ0n) is 10.4. The molecule has 2 heterocycles. The van der Waals surface area contributed by atoms with Crippen molar-refractivity contribution in [3.05, 3.63) is 23.9 Å². The van der Waals surface area contributed by atoms with E-state index >= 15 is 0 Å². The van der Waals surface area contributed by atoms with Crippen LogP contribution in [-0.2, 0) is 0 Å². The van der Waals surface area contributed by atoms with Gasteiger partial charge in [0.25, 0.3) is 0 Å². The molecule has 0 spiro atoms. The first-order valence-electron chi connectivity index (χ1n) is 6.35. The van der Waals surface area contributed by atoms with Gasteiger partial charge in [-0.25, -0.2) is 4.98 Å². The zero-order chi connectivity index (χ0) is 12.1. The molecule has 0 amide bonds. The summed E-state index contributed by atoms with van der Waals surface area (Å²) in [6, 6.07) is 3.86. The van der Waals surface area contributed by atoms with Gasteiger partial charge in [0.2, 0.25) is 0 Å². The number of nitrogens with one attached hydrogen (secondary N) is 1. The Morgan fingerprint density at radius 3 is 2.88 bits per heavy atom. The molecule has 0 aromatic carbocycles. The maximum Gasteiger partial charge on any atom is 0.134 e. The maximum absolute atomic E-state index is 10.1. The van der Waals surface area contributed by atoms with Gasteiger partial charge in [0.05, 0.1) is 6.10 Å². The first kappa shape index (κ1) is 12.3. The molecule has 1 saturated heterocycles. The van der Waals surface area contributed by atoms with Crippen molar-refractivity contribution in [2.75, 3.05) is 31.6 Å². The van der Waals surface area contributed by atoms with Crippen LogP contribution in [0, 0.1) is 0 Å². The van der Waals surface area contributed by atoms with Crippen LogP contribution in [0.2, 0.25) is 0 Å². The number of hydrogen-bond donors (Lipinski definition) is 2. The van der Waals surface area contributed by atoms with Crippen LogP contribution < -0.4 is 10.2 Å². The van der Waals surface area contributed by atoms with Gasteiger partial charge in [-0.05, 0) is 32.4 Å². The Morgan fingerprint density at radius 2 is 2.18 bits per heavy atom. The molecule has 0 radical (unpaired) electrons. The number of nitrogens with zero attached hydrogens (tertiary/aromatic N) is 2. The lowest BCUT2D eigenvalue weighted by atomic mass is 10.1. The van der Waals surface area contributed by atoms with E-state index < -0.39 is 6.10 Å². The highest BCUT2D eigenvalue weighted by Gasteiger charge is 2.19. The summed E-state index contributed by atoms with van der Waals surface area (Å²) in [7, 11) is 1.85. The second-order valence-electron chi connectivity index (χ2n) is 4.54. The minimum absolute atomic E-state index is 0.481. The Balaban J connectivity index is 2.19. The highest BCUT2D eigenvalue weighted by molar-refractivity contribution is 5.48. The number of aliphatic hydroxyl groups is 1. The normalized spacial score (nSPS) is 18.1. The van der Waals surface area contributed by atoms with E-state index in [0.29, 0.717) is 6.54 Å². The topological polar surface area (TPSA) is 48.4 Å². The molecule has 2 N–H and O–H groups in total. The second-order valence-corrected chi connectivity index (χ2v) is 4.54. The first-order valence-corrected chi connectivity index (χ1v) is 6.35. The summed E-state index contributed by atoms with van der Waals surface area (Å²) in [6.45, 7) is 2.67. The number of likely N-dealkylation sites (N-methyl/N-ethyl adjacent to an activating group) is 1. The molecule has 17 heavy (non-hydrogen) atoms. The molecule has 4 nitrogen and oxygen atoms in total. The Hall–Kier alpha value is -1.13. The molecule has 1 atom stereocenters. The summed E-state index contributed by atoms with van der Waals surface area (Å²) in [5, 5.41) is 13.1. The molecular formula is C13H21N3O. The summed E-state index contributed by atoms with van der Waals surface area (Å²) in [5.41, 5.74) is 0.934. The van der Waals surface area contributed by atoms with Gasteiger partial charge in [-0.3, -0.25) is 0 Å². The highest BCUT2D eigenvalue weighted by atomic mass is 16.3. The first-order chi connectivity index (χ1) is 8.33. The van der Waals surface area contributed by atoms with E-state index in [1.165, 1.54) is 19.3 Å². The van der Waals surface area contributed by atoms with Crippen LogP contribution in [0.15, 0.2) is 18.3 Å². The predicted molar refractivity (Wildman–Crippen MR) is 69.2 cm³/mol. The summed E-state index contributed by atoms with van der Waals surface area (Å²) >= 11 is 0. The molecule has 0 saturated carbocycles. The molecule has 1 aliphatic rings. The van der Waals surface area contributed by atoms with Gasteiger partial charge in [0.15, 0.2) is 0 Å². The average molecular weight is 235 g/mol. The van der Waals surface area contributed by atoms with Crippen LogP contribution in [0.3, 0.4) is 0 Å². The lowest BCUT2D eigenvalue weighted by molar-refractivity contribution is 0.177. The van der Waals surface area contributed by atoms with Crippen LogP contribution in [0.5, 0.6) is 0 Å². The third-order valence-corrected chi connectivity index (χ3v) is 3.23. The molecule has 4 heteroatoms. The predicted octanol–water partition coefficient (Wildman–Crippen LogP) is 1.32. The van der Waals surface area contributed by atoms with Gasteiger partial charge >= 0.3 is 0 Å². The molecule has 0 aliphatic carbocycles. The molecule has 94 valence electrons. The zero-order valence-corrected chi connectivity index (χ0v) is 10.4. The third-order valence-electron chi connectivity index (χ3n) is 3.23. The summed E-state index contributed by atoms with van der Waals surface area (Å²) in [4.78, 5) is 6.73. The van der Waals surface area contributed by atoms with Gasteiger partial charge in [0, 0.05) is 31.4 Å². The summed E-state index contributed by atoms with van der Waals surface area (Å²) in [6.07, 6.45) is 5.07. The van der Waals surface area contributed by atoms with Crippen molar-refractivity contribution in [1.82, 2.24) is 10.3 Å². The van der Waals surface area contributed by atoms with Crippen LogP contribution in [0.25, 0.3) is 0 Å². The van der Waals surface area contributed by atoms with Crippen molar-refractivity contribution in [3.63, 3.8) is 0 Å². The lowest BCUT2D eigenvalue weighted by Gasteiger charge is -2.30. The Labute approximate surface area is 103 Å². The van der Waals surface area contributed by atoms with Crippen LogP contribution in [0.4, 0.5) is 5.82 Å². The molecule has 1 aromatic heterocycles. The summed E-state index contributed by atoms with van der Waals surface area (Å²) < 4.78 is 0. The van der Waals surface area contributed by atoms with Crippen molar-refractivity contribution in [2.45, 2.75) is 25.4 Å². The van der Waals surface area contributed by atoms with Gasteiger partial charge < -0.3 is 15.3 Å². The van der Waals surface area contributed by atoms with Crippen molar-refractivity contribution in [2.24, 2.45) is 0 Å². The molecule has 1 fully saturated rings. The number of aromatic nitrogens is 1. The lowest BCUT2D eigenvalue weighted by Crippen LogP contribution is -2.32. The van der Waals surface area contributed by atoms with Crippen molar-refractivity contribution >= 4 is 5.82 Å². The fourth-order valence-corrected chi connectivity index (χ4v) is 2.34. The minimum atomic E-state index is -0.481. The average Bonchev–Trinajstić information content (AvgIpc) is 2.40. The number of aliphatic hydroxyl groups excluding tert-OH is 1. The number of pyridine rings is 1. The monoisotopic (exact) mass is 235 g/mol. The van der Waals surface area contributed by atoms with Crippen LogP contribution >= 0.6 is 0 Å². The van der Waals surface area contributed by atoms with Crippen molar-refractivity contribution in [3.8, 4) is 0 Å². The maximum atomic E-state index is 10.1. The number of anilines is 1. The van der Waals surface area contributed by atoms with Crippen molar-refractivity contribution in [1.29, 1.82) is 0 Å². The van der Waals surface area contributed by atoms with Crippen LogP contribution in [0.1, 0.15) is 30.9 Å². The van der Waals surface area contributed by atoms with Gasteiger partial charge in [-0.15, -0.1) is 0 Å². The van der Waals surface area contributed by atoms with E-state index in [9.17, 15) is 5.11 Å². The molecule has 1 aliphatic heterocycles. The minimum Gasteiger partial charge on any atom is -0.387 e. The SMILES string of the molecule is CNCC(O)c1cccnc1N1CCCCC1. The van der Waals surface area contributed by atoms with Crippen molar-refractivity contribution < 1.29 is 5.11 Å². The molecular weight excluding hydrogens is 214 g/mol. The molecule has 1 aromatic rings. The second kappa shape index (κ2) is 5.98. The fourth-order valence-electron chi connectivity index (χ4n) is 2.34. The van der Waals surface area contributed by atoms with E-state index in [4.69, 9.17) is 0 Å². The Morgan fingerprint density at radius 1 is 1.41 bits per heavy atom. The molecule has 0 bridgehead atoms. The molecule has 2 rings (SSSR count). The van der Waals surface area contributed by atoms with Gasteiger partial charge in [-0.2, -0.15) is 0 Å². The Bertz CT molecular complexity index is 350. The number of rotatable bonds is 4. The van der Waals surface area contributed by atoms with E-state index in [1.54, 1.807) is 6.20 Å². The fraction of sp³-hybridized carbons (Fsp3) is 0.615. The third kappa shape index (κ3) is 2.96. The quantitative estimate of drug-likeness (QED) is 0.826. The summed E-state index contributed by atoms with van der Waals surface area (Å²) in [5.74, 6) is 0.954. The van der Waals surface area contributed by atoms with E-state index in [0.717, 1.165) is 24.5 Å². The highest BCUT2D eigenvalue weighted by Crippen LogP contribution is 2.26. The van der Waals surface area contributed by atoms with E-state index in [1.807, 2.05) is 19.2 Å². The smallest absolute Gasteiger partial charge is 0.134 e. The van der Waals surface area contributed by atoms with Gasteiger partial charge in [0.1, 0.15) is 5.82 Å². The van der Waals surface area contributed by atoms with Crippen LogP contribution in [-0.4, -0.2) is 36.8 Å². The number of piperidine rings is 1. The molecule has 1 unspecified atom stereocenters. The van der Waals surface area contributed by atoms with E-state index in [2.05, 4.69) is 15.2 Å². The van der Waals surface area contributed by atoms with E-state index in [-0.39, 0.29) is 0 Å². The Kier molecular flexibility index (Phi) is 4.34. The largest absolute Gasteiger partial charge is 0.387 e. The standard InChI is InChI=1S/C13H21N3O/c1-14-10-12(17)11-6-5-7-15-13(11)16-8-3-2-4-9-16/h5-7,12,14,17H,2-4,8-10H2,1H3. The van der Waals surface area contributed by atoms with Gasteiger partial charge in [-0.1, -0.05) is 6.07 Å².